The van der Waals surface area contributed by atoms with E-state index in [0.29, 0.717) is 5.92 Å². The Labute approximate surface area is 93.0 Å². The van der Waals surface area contributed by atoms with E-state index in [1.807, 2.05) is 0 Å². The third-order valence-electron chi connectivity index (χ3n) is 3.71. The molecule has 0 aliphatic heterocycles. The lowest BCUT2D eigenvalue weighted by Gasteiger charge is -2.26. The Hall–Kier alpha value is -1.04. The SMILES string of the molecule is CC1=CCC(C(C)c2ccccc2)CC1. The zero-order chi connectivity index (χ0) is 10.7. The van der Waals surface area contributed by atoms with Crippen molar-refractivity contribution in [3.8, 4) is 0 Å². The Bertz CT molecular complexity index is 334. The molecule has 0 radical (unpaired) electrons. The van der Waals surface area contributed by atoms with Crippen molar-refractivity contribution >= 4 is 0 Å². The van der Waals surface area contributed by atoms with Crippen LogP contribution in [0.5, 0.6) is 0 Å². The Morgan fingerprint density at radius 2 is 1.93 bits per heavy atom. The lowest BCUT2D eigenvalue weighted by atomic mass is 9.79. The smallest absolute Gasteiger partial charge is 0.0159 e. The van der Waals surface area contributed by atoms with Crippen LogP contribution in [0.15, 0.2) is 42.0 Å². The quantitative estimate of drug-likeness (QED) is 0.615. The standard InChI is InChI=1S/C15H20/c1-12-8-10-15(11-9-12)13(2)14-6-4-3-5-7-14/h3-8,13,15H,9-11H2,1-2H3. The maximum atomic E-state index is 2.42. The largest absolute Gasteiger partial charge is 0.0853 e. The van der Waals surface area contributed by atoms with Crippen molar-refractivity contribution in [2.75, 3.05) is 0 Å². The van der Waals surface area contributed by atoms with Gasteiger partial charge in [0.2, 0.25) is 0 Å². The molecule has 0 bridgehead atoms. The summed E-state index contributed by atoms with van der Waals surface area (Å²) < 4.78 is 0. The number of hydrogen-bond donors (Lipinski definition) is 0. The van der Waals surface area contributed by atoms with Gasteiger partial charge in [-0.25, -0.2) is 0 Å². The first-order chi connectivity index (χ1) is 7.27. The summed E-state index contributed by atoms with van der Waals surface area (Å²) in [6, 6.07) is 10.9. The number of hydrogen-bond acceptors (Lipinski definition) is 0. The summed E-state index contributed by atoms with van der Waals surface area (Å²) in [4.78, 5) is 0. The number of rotatable bonds is 2. The Balaban J connectivity index is 2.06. The van der Waals surface area contributed by atoms with E-state index in [0.717, 1.165) is 5.92 Å². The maximum Gasteiger partial charge on any atom is -0.0159 e. The topological polar surface area (TPSA) is 0 Å². The van der Waals surface area contributed by atoms with Gasteiger partial charge in [-0.1, -0.05) is 48.9 Å². The molecule has 0 heterocycles. The van der Waals surface area contributed by atoms with Crippen molar-refractivity contribution in [3.63, 3.8) is 0 Å². The van der Waals surface area contributed by atoms with E-state index in [-0.39, 0.29) is 0 Å². The van der Waals surface area contributed by atoms with Gasteiger partial charge in [0.25, 0.3) is 0 Å². The van der Waals surface area contributed by atoms with Crippen LogP contribution >= 0.6 is 0 Å². The maximum absolute atomic E-state index is 2.42. The van der Waals surface area contributed by atoms with Crippen LogP contribution in [0.25, 0.3) is 0 Å². The summed E-state index contributed by atoms with van der Waals surface area (Å²) in [5.41, 5.74) is 3.07. The molecule has 2 atom stereocenters. The minimum absolute atomic E-state index is 0.704. The van der Waals surface area contributed by atoms with Crippen LogP contribution in [0.2, 0.25) is 0 Å². The van der Waals surface area contributed by atoms with Gasteiger partial charge < -0.3 is 0 Å². The van der Waals surface area contributed by atoms with Gasteiger partial charge >= 0.3 is 0 Å². The summed E-state index contributed by atoms with van der Waals surface area (Å²) >= 11 is 0. The highest BCUT2D eigenvalue weighted by atomic mass is 14.2. The molecule has 0 heteroatoms. The summed E-state index contributed by atoms with van der Waals surface area (Å²) in [5, 5.41) is 0. The van der Waals surface area contributed by atoms with Crippen LogP contribution in [0.1, 0.15) is 44.6 Å². The predicted octanol–water partition coefficient (Wildman–Crippen LogP) is 4.54. The molecule has 2 rings (SSSR count). The average molecular weight is 200 g/mol. The first kappa shape index (κ1) is 10.5. The molecule has 0 amide bonds. The van der Waals surface area contributed by atoms with Crippen LogP contribution in [0, 0.1) is 5.92 Å². The van der Waals surface area contributed by atoms with Crippen LogP contribution in [-0.2, 0) is 0 Å². The van der Waals surface area contributed by atoms with E-state index in [1.54, 1.807) is 5.57 Å². The average Bonchev–Trinajstić information content (AvgIpc) is 2.30. The summed E-state index contributed by atoms with van der Waals surface area (Å²) in [7, 11) is 0. The molecule has 0 N–H and O–H groups in total. The molecule has 0 fully saturated rings. The van der Waals surface area contributed by atoms with E-state index < -0.39 is 0 Å². The molecule has 1 aliphatic carbocycles. The predicted molar refractivity (Wildman–Crippen MR) is 66.0 cm³/mol. The molecule has 1 aliphatic rings. The number of benzene rings is 1. The molecule has 0 saturated heterocycles. The highest BCUT2D eigenvalue weighted by Gasteiger charge is 2.20. The van der Waals surface area contributed by atoms with Crippen molar-refractivity contribution in [3.05, 3.63) is 47.5 Å². The fraction of sp³-hybridized carbons (Fsp3) is 0.467. The van der Waals surface area contributed by atoms with Gasteiger partial charge in [0, 0.05) is 0 Å². The molecule has 0 saturated carbocycles. The molecular formula is C15H20. The first-order valence-electron chi connectivity index (χ1n) is 5.98. The molecule has 2 unspecified atom stereocenters. The van der Waals surface area contributed by atoms with Crippen molar-refractivity contribution in [1.82, 2.24) is 0 Å². The second-order valence-corrected chi connectivity index (χ2v) is 4.78. The highest BCUT2D eigenvalue weighted by molar-refractivity contribution is 5.20. The normalized spacial score (nSPS) is 23.3. The fourth-order valence-corrected chi connectivity index (χ4v) is 2.47. The van der Waals surface area contributed by atoms with Gasteiger partial charge in [-0.15, -0.1) is 0 Å². The lowest BCUT2D eigenvalue weighted by molar-refractivity contribution is 0.403. The van der Waals surface area contributed by atoms with Crippen molar-refractivity contribution in [1.29, 1.82) is 0 Å². The van der Waals surface area contributed by atoms with Crippen molar-refractivity contribution < 1.29 is 0 Å². The van der Waals surface area contributed by atoms with Crippen LogP contribution in [-0.4, -0.2) is 0 Å². The first-order valence-corrected chi connectivity index (χ1v) is 5.98. The molecule has 15 heavy (non-hydrogen) atoms. The Kier molecular flexibility index (Phi) is 3.25. The summed E-state index contributed by atoms with van der Waals surface area (Å²) in [6.45, 7) is 4.62. The van der Waals surface area contributed by atoms with Gasteiger partial charge in [0.15, 0.2) is 0 Å². The second kappa shape index (κ2) is 4.65. The molecule has 0 nitrogen and oxygen atoms in total. The monoisotopic (exact) mass is 200 g/mol. The number of allylic oxidation sites excluding steroid dienone is 2. The van der Waals surface area contributed by atoms with Crippen LogP contribution in [0.4, 0.5) is 0 Å². The van der Waals surface area contributed by atoms with Crippen molar-refractivity contribution in [2.24, 2.45) is 5.92 Å². The Morgan fingerprint density at radius 3 is 2.53 bits per heavy atom. The van der Waals surface area contributed by atoms with Gasteiger partial charge in [-0.2, -0.15) is 0 Å². The zero-order valence-corrected chi connectivity index (χ0v) is 9.74. The molecular weight excluding hydrogens is 180 g/mol. The van der Waals surface area contributed by atoms with Gasteiger partial charge in [0.05, 0.1) is 0 Å². The van der Waals surface area contributed by atoms with E-state index in [4.69, 9.17) is 0 Å². The van der Waals surface area contributed by atoms with Crippen molar-refractivity contribution in [2.45, 2.75) is 39.0 Å². The molecule has 0 spiro atoms. The zero-order valence-electron chi connectivity index (χ0n) is 9.74. The van der Waals surface area contributed by atoms with E-state index >= 15 is 0 Å². The molecule has 80 valence electrons. The lowest BCUT2D eigenvalue weighted by Crippen LogP contribution is -2.12. The molecule has 1 aromatic rings. The van der Waals surface area contributed by atoms with Gasteiger partial charge in [0.1, 0.15) is 0 Å². The minimum atomic E-state index is 0.704. The van der Waals surface area contributed by atoms with E-state index in [2.05, 4.69) is 50.3 Å². The fourth-order valence-electron chi connectivity index (χ4n) is 2.47. The van der Waals surface area contributed by atoms with Gasteiger partial charge in [-0.3, -0.25) is 0 Å². The third kappa shape index (κ3) is 2.50. The van der Waals surface area contributed by atoms with E-state index in [1.165, 1.54) is 24.8 Å². The van der Waals surface area contributed by atoms with Crippen LogP contribution in [0.3, 0.4) is 0 Å². The minimum Gasteiger partial charge on any atom is -0.0853 e. The molecule has 1 aromatic carbocycles. The second-order valence-electron chi connectivity index (χ2n) is 4.78. The van der Waals surface area contributed by atoms with E-state index in [9.17, 15) is 0 Å². The highest BCUT2D eigenvalue weighted by Crippen LogP contribution is 2.34. The van der Waals surface area contributed by atoms with Crippen LogP contribution < -0.4 is 0 Å². The Morgan fingerprint density at radius 1 is 1.20 bits per heavy atom. The summed E-state index contributed by atoms with van der Waals surface area (Å²) in [5.74, 6) is 1.55. The third-order valence-corrected chi connectivity index (χ3v) is 3.71. The van der Waals surface area contributed by atoms with Gasteiger partial charge in [-0.05, 0) is 43.6 Å². The molecule has 0 aromatic heterocycles. The summed E-state index contributed by atoms with van der Waals surface area (Å²) in [6.07, 6.45) is 6.34.